The van der Waals surface area contributed by atoms with E-state index < -0.39 is 17.9 Å². The largest absolute Gasteiger partial charge is 0.370 e. The maximum Gasteiger partial charge on any atom is 0.251 e. The lowest BCUT2D eigenvalue weighted by molar-refractivity contribution is -0.123. The van der Waals surface area contributed by atoms with Gasteiger partial charge in [0.25, 0.3) is 5.91 Å². The normalized spacial score (nSPS) is 11.4. The molecule has 0 fully saturated rings. The first-order valence-corrected chi connectivity index (χ1v) is 8.50. The van der Waals surface area contributed by atoms with Crippen LogP contribution in [-0.2, 0) is 16.1 Å². The van der Waals surface area contributed by atoms with Crippen LogP contribution in [0.4, 0.5) is 0 Å². The van der Waals surface area contributed by atoms with Gasteiger partial charge in [-0.2, -0.15) is 0 Å². The third kappa shape index (κ3) is 6.22. The number of hydrogen-bond donors (Lipinski definition) is 3. The van der Waals surface area contributed by atoms with E-state index in [1.165, 1.54) is 0 Å². The van der Waals surface area contributed by atoms with E-state index in [0.717, 1.165) is 5.56 Å². The van der Waals surface area contributed by atoms with Crippen LogP contribution in [-0.4, -0.2) is 23.8 Å². The molecule has 7 heteroatoms. The topological polar surface area (TPSA) is 101 Å². The van der Waals surface area contributed by atoms with Crippen molar-refractivity contribution in [1.82, 2.24) is 10.6 Å². The number of halogens is 1. The molecule has 2 aromatic rings. The minimum atomic E-state index is -0.866. The quantitative estimate of drug-likeness (QED) is 0.659. The second kappa shape index (κ2) is 9.58. The summed E-state index contributed by atoms with van der Waals surface area (Å²) in [5.41, 5.74) is 6.47. The van der Waals surface area contributed by atoms with Crippen molar-refractivity contribution in [3.05, 3.63) is 70.7 Å². The predicted molar refractivity (Wildman–Crippen MR) is 99.4 cm³/mol. The fourth-order valence-electron chi connectivity index (χ4n) is 2.31. The number of hydrogen-bond acceptors (Lipinski definition) is 3. The smallest absolute Gasteiger partial charge is 0.251 e. The molecule has 3 amide bonds. The molecule has 2 rings (SSSR count). The molecule has 0 radical (unpaired) electrons. The van der Waals surface area contributed by atoms with Crippen LogP contribution in [0.15, 0.2) is 54.6 Å². The van der Waals surface area contributed by atoms with Gasteiger partial charge in [-0.3, -0.25) is 14.4 Å². The Hall–Kier alpha value is -2.86. The van der Waals surface area contributed by atoms with E-state index in [-0.39, 0.29) is 18.7 Å². The van der Waals surface area contributed by atoms with Crippen molar-refractivity contribution in [3.63, 3.8) is 0 Å². The standard InChI is InChI=1S/C19H20ClN3O3/c20-15-8-6-14(7-9-15)18(25)23-16(10-11-17(21)24)19(26)22-12-13-4-2-1-3-5-13/h1-9,16H,10-12H2,(H2,21,24)(H,22,26)(H,23,25). The number of carbonyl (C=O) groups excluding carboxylic acids is 3. The Morgan fingerprint density at radius 1 is 1.00 bits per heavy atom. The summed E-state index contributed by atoms with van der Waals surface area (Å²) in [6.45, 7) is 0.323. The summed E-state index contributed by atoms with van der Waals surface area (Å²) in [7, 11) is 0. The molecule has 0 aromatic heterocycles. The number of carbonyl (C=O) groups is 3. The summed E-state index contributed by atoms with van der Waals surface area (Å²) in [5.74, 6) is -1.34. The molecule has 0 aliphatic rings. The highest BCUT2D eigenvalue weighted by Crippen LogP contribution is 2.10. The summed E-state index contributed by atoms with van der Waals surface area (Å²) in [5, 5.41) is 5.91. The highest BCUT2D eigenvalue weighted by Gasteiger charge is 2.21. The summed E-state index contributed by atoms with van der Waals surface area (Å²) in [6, 6.07) is 14.8. The average Bonchev–Trinajstić information content (AvgIpc) is 2.64. The summed E-state index contributed by atoms with van der Waals surface area (Å²) >= 11 is 5.81. The number of nitrogens with one attached hydrogen (secondary N) is 2. The third-order valence-electron chi connectivity index (χ3n) is 3.72. The summed E-state index contributed by atoms with van der Waals surface area (Å²) in [6.07, 6.45) is 0.111. The molecule has 0 spiro atoms. The van der Waals surface area contributed by atoms with Gasteiger partial charge in [0.1, 0.15) is 6.04 Å². The van der Waals surface area contributed by atoms with E-state index >= 15 is 0 Å². The van der Waals surface area contributed by atoms with E-state index in [1.54, 1.807) is 24.3 Å². The molecule has 0 aliphatic carbocycles. The molecule has 1 atom stereocenters. The first kappa shape index (κ1) is 19.5. The first-order chi connectivity index (χ1) is 12.5. The maximum absolute atomic E-state index is 12.5. The van der Waals surface area contributed by atoms with Gasteiger partial charge in [0.05, 0.1) is 0 Å². The minimum Gasteiger partial charge on any atom is -0.370 e. The van der Waals surface area contributed by atoms with Crippen LogP contribution in [0.5, 0.6) is 0 Å². The molecule has 6 nitrogen and oxygen atoms in total. The molecular weight excluding hydrogens is 354 g/mol. The zero-order chi connectivity index (χ0) is 18.9. The lowest BCUT2D eigenvalue weighted by Crippen LogP contribution is -2.47. The number of benzene rings is 2. The van der Waals surface area contributed by atoms with Crippen molar-refractivity contribution in [2.24, 2.45) is 5.73 Å². The van der Waals surface area contributed by atoms with Crippen LogP contribution < -0.4 is 16.4 Å². The number of rotatable bonds is 8. The van der Waals surface area contributed by atoms with Crippen LogP contribution in [0.3, 0.4) is 0 Å². The van der Waals surface area contributed by atoms with Crippen LogP contribution in [0.25, 0.3) is 0 Å². The zero-order valence-corrected chi connectivity index (χ0v) is 14.8. The van der Waals surface area contributed by atoms with Gasteiger partial charge >= 0.3 is 0 Å². The van der Waals surface area contributed by atoms with Gasteiger partial charge < -0.3 is 16.4 Å². The molecule has 26 heavy (non-hydrogen) atoms. The van der Waals surface area contributed by atoms with Crippen molar-refractivity contribution >= 4 is 29.3 Å². The Morgan fingerprint density at radius 3 is 2.27 bits per heavy atom. The Kier molecular flexibility index (Phi) is 7.17. The first-order valence-electron chi connectivity index (χ1n) is 8.12. The lowest BCUT2D eigenvalue weighted by Gasteiger charge is -2.18. The van der Waals surface area contributed by atoms with E-state index in [4.69, 9.17) is 17.3 Å². The molecule has 0 heterocycles. The Morgan fingerprint density at radius 2 is 1.65 bits per heavy atom. The molecule has 0 aliphatic heterocycles. The fraction of sp³-hybridized carbons (Fsp3) is 0.211. The van der Waals surface area contributed by atoms with Crippen LogP contribution >= 0.6 is 11.6 Å². The van der Waals surface area contributed by atoms with Gasteiger partial charge in [-0.15, -0.1) is 0 Å². The van der Waals surface area contributed by atoms with Crippen molar-refractivity contribution in [3.8, 4) is 0 Å². The van der Waals surface area contributed by atoms with Gasteiger partial charge in [0.15, 0.2) is 0 Å². The van der Waals surface area contributed by atoms with Crippen LogP contribution in [0, 0.1) is 0 Å². The van der Waals surface area contributed by atoms with Gasteiger partial charge in [0.2, 0.25) is 11.8 Å². The van der Waals surface area contributed by atoms with Crippen molar-refractivity contribution < 1.29 is 14.4 Å². The fourth-order valence-corrected chi connectivity index (χ4v) is 2.43. The zero-order valence-electron chi connectivity index (χ0n) is 14.1. The Bertz CT molecular complexity index is 763. The highest BCUT2D eigenvalue weighted by molar-refractivity contribution is 6.30. The van der Waals surface area contributed by atoms with E-state index in [2.05, 4.69) is 10.6 Å². The van der Waals surface area contributed by atoms with Gasteiger partial charge in [-0.05, 0) is 36.2 Å². The van der Waals surface area contributed by atoms with Crippen molar-refractivity contribution in [2.75, 3.05) is 0 Å². The van der Waals surface area contributed by atoms with Gasteiger partial charge in [0, 0.05) is 23.6 Å². The summed E-state index contributed by atoms with van der Waals surface area (Å²) < 4.78 is 0. The Balaban J connectivity index is 2.01. The van der Waals surface area contributed by atoms with Gasteiger partial charge in [-0.25, -0.2) is 0 Å². The second-order valence-corrected chi connectivity index (χ2v) is 6.18. The van der Waals surface area contributed by atoms with Crippen LogP contribution in [0.1, 0.15) is 28.8 Å². The SMILES string of the molecule is NC(=O)CCC(NC(=O)c1ccc(Cl)cc1)C(=O)NCc1ccccc1. The molecule has 2 aromatic carbocycles. The third-order valence-corrected chi connectivity index (χ3v) is 3.97. The molecule has 136 valence electrons. The number of primary amides is 1. The van der Waals surface area contributed by atoms with Gasteiger partial charge in [-0.1, -0.05) is 41.9 Å². The molecule has 4 N–H and O–H groups in total. The van der Waals surface area contributed by atoms with Crippen molar-refractivity contribution in [1.29, 1.82) is 0 Å². The van der Waals surface area contributed by atoms with Crippen molar-refractivity contribution in [2.45, 2.75) is 25.4 Å². The maximum atomic E-state index is 12.5. The Labute approximate surface area is 156 Å². The van der Waals surface area contributed by atoms with Crippen LogP contribution in [0.2, 0.25) is 5.02 Å². The molecular formula is C19H20ClN3O3. The monoisotopic (exact) mass is 373 g/mol. The molecule has 0 saturated carbocycles. The average molecular weight is 374 g/mol. The predicted octanol–water partition coefficient (Wildman–Crippen LogP) is 2.02. The number of nitrogens with two attached hydrogens (primary N) is 1. The molecule has 0 bridgehead atoms. The number of amides is 3. The highest BCUT2D eigenvalue weighted by atomic mass is 35.5. The minimum absolute atomic E-state index is 0.00960. The summed E-state index contributed by atoms with van der Waals surface area (Å²) in [4.78, 5) is 35.9. The van der Waals surface area contributed by atoms with E-state index in [1.807, 2.05) is 30.3 Å². The lowest BCUT2D eigenvalue weighted by atomic mass is 10.1. The molecule has 0 saturated heterocycles. The van der Waals surface area contributed by atoms with E-state index in [0.29, 0.717) is 17.1 Å². The molecule has 1 unspecified atom stereocenters. The van der Waals surface area contributed by atoms with E-state index in [9.17, 15) is 14.4 Å². The second-order valence-electron chi connectivity index (χ2n) is 5.74.